The van der Waals surface area contributed by atoms with Gasteiger partial charge in [0.2, 0.25) is 0 Å². The van der Waals surface area contributed by atoms with Crippen molar-refractivity contribution in [3.05, 3.63) is 76.0 Å². The maximum atomic E-state index is 13.0. The first-order chi connectivity index (χ1) is 11.8. The maximum Gasteiger partial charge on any atom is 0.416 e. The largest absolute Gasteiger partial charge is 0.416 e. The third-order valence-electron chi connectivity index (χ3n) is 3.81. The van der Waals surface area contributed by atoms with Crippen LogP contribution in [0.4, 0.5) is 13.2 Å². The SMILES string of the molecule is Cn1cc(-c2ccc(Cl)cc2)c(=S)c(-c2cccc(C(F)(F)F)c2)c1. The Morgan fingerprint density at radius 1 is 0.920 bits per heavy atom. The van der Waals surface area contributed by atoms with Gasteiger partial charge in [-0.1, -0.05) is 48.1 Å². The molecule has 0 saturated heterocycles. The van der Waals surface area contributed by atoms with Gasteiger partial charge in [0.05, 0.1) is 10.1 Å². The van der Waals surface area contributed by atoms with Crippen molar-refractivity contribution in [1.82, 2.24) is 4.57 Å². The van der Waals surface area contributed by atoms with Crippen molar-refractivity contribution in [2.75, 3.05) is 0 Å². The number of rotatable bonds is 2. The number of nitrogens with zero attached hydrogens (tertiary/aromatic N) is 1. The van der Waals surface area contributed by atoms with Crippen molar-refractivity contribution in [2.24, 2.45) is 7.05 Å². The molecule has 0 atom stereocenters. The van der Waals surface area contributed by atoms with E-state index in [0.717, 1.165) is 23.3 Å². The molecule has 0 radical (unpaired) electrons. The molecule has 0 aliphatic rings. The number of hydrogen-bond acceptors (Lipinski definition) is 1. The molecule has 25 heavy (non-hydrogen) atoms. The molecule has 6 heteroatoms. The fourth-order valence-electron chi connectivity index (χ4n) is 2.61. The summed E-state index contributed by atoms with van der Waals surface area (Å²) < 4.78 is 41.3. The summed E-state index contributed by atoms with van der Waals surface area (Å²) in [6.45, 7) is 0. The monoisotopic (exact) mass is 379 g/mol. The lowest BCUT2D eigenvalue weighted by atomic mass is 10.00. The molecule has 0 aliphatic heterocycles. The van der Waals surface area contributed by atoms with Gasteiger partial charge in [-0.15, -0.1) is 0 Å². The second kappa shape index (κ2) is 6.65. The van der Waals surface area contributed by atoms with Gasteiger partial charge < -0.3 is 4.57 Å². The number of aromatic nitrogens is 1. The van der Waals surface area contributed by atoms with Crippen LogP contribution in [0.25, 0.3) is 22.3 Å². The van der Waals surface area contributed by atoms with E-state index in [1.165, 1.54) is 6.07 Å². The van der Waals surface area contributed by atoms with Gasteiger partial charge in [-0.05, 0) is 35.4 Å². The molecule has 0 aliphatic carbocycles. The van der Waals surface area contributed by atoms with Crippen molar-refractivity contribution in [2.45, 2.75) is 6.18 Å². The quantitative estimate of drug-likeness (QED) is 0.445. The van der Waals surface area contributed by atoms with Crippen LogP contribution in [0, 0.1) is 4.51 Å². The van der Waals surface area contributed by atoms with Crippen LogP contribution in [-0.2, 0) is 13.2 Å². The molecule has 2 aromatic carbocycles. The lowest BCUT2D eigenvalue weighted by molar-refractivity contribution is -0.137. The van der Waals surface area contributed by atoms with E-state index in [9.17, 15) is 13.2 Å². The lowest BCUT2D eigenvalue weighted by Gasteiger charge is -2.13. The van der Waals surface area contributed by atoms with E-state index in [1.807, 2.05) is 25.4 Å². The van der Waals surface area contributed by atoms with Crippen molar-refractivity contribution < 1.29 is 13.2 Å². The van der Waals surface area contributed by atoms with Crippen LogP contribution < -0.4 is 0 Å². The van der Waals surface area contributed by atoms with Crippen molar-refractivity contribution in [3.8, 4) is 22.3 Å². The molecule has 0 saturated carbocycles. The van der Waals surface area contributed by atoms with Crippen molar-refractivity contribution in [3.63, 3.8) is 0 Å². The Morgan fingerprint density at radius 3 is 2.12 bits per heavy atom. The highest BCUT2D eigenvalue weighted by Crippen LogP contribution is 2.34. The third kappa shape index (κ3) is 3.78. The first-order valence-corrected chi connectivity index (χ1v) is 8.18. The third-order valence-corrected chi connectivity index (χ3v) is 4.50. The lowest BCUT2D eigenvalue weighted by Crippen LogP contribution is -2.04. The van der Waals surface area contributed by atoms with Gasteiger partial charge >= 0.3 is 6.18 Å². The highest BCUT2D eigenvalue weighted by atomic mass is 35.5. The van der Waals surface area contributed by atoms with Crippen LogP contribution in [0.3, 0.4) is 0 Å². The first-order valence-electron chi connectivity index (χ1n) is 7.39. The van der Waals surface area contributed by atoms with E-state index in [4.69, 9.17) is 23.8 Å². The average Bonchev–Trinajstić information content (AvgIpc) is 2.57. The predicted molar refractivity (Wildman–Crippen MR) is 97.1 cm³/mol. The van der Waals surface area contributed by atoms with Gasteiger partial charge in [0.1, 0.15) is 0 Å². The van der Waals surface area contributed by atoms with Crippen LogP contribution in [-0.4, -0.2) is 4.57 Å². The molecule has 0 fully saturated rings. The van der Waals surface area contributed by atoms with E-state index in [-0.39, 0.29) is 0 Å². The highest BCUT2D eigenvalue weighted by molar-refractivity contribution is 7.71. The number of halogens is 4. The normalized spacial score (nSPS) is 11.6. The van der Waals surface area contributed by atoms with E-state index in [0.29, 0.717) is 20.7 Å². The summed E-state index contributed by atoms with van der Waals surface area (Å²) in [7, 11) is 1.81. The Labute approximate surface area is 153 Å². The minimum Gasteiger partial charge on any atom is -0.356 e. The molecule has 0 bridgehead atoms. The van der Waals surface area contributed by atoms with E-state index < -0.39 is 11.7 Å². The van der Waals surface area contributed by atoms with Crippen LogP contribution in [0.1, 0.15) is 5.56 Å². The molecule has 1 aromatic heterocycles. The van der Waals surface area contributed by atoms with Gasteiger partial charge in [0.25, 0.3) is 0 Å². The first kappa shape index (κ1) is 17.7. The van der Waals surface area contributed by atoms with Gasteiger partial charge in [0, 0.05) is 35.6 Å². The summed E-state index contributed by atoms with van der Waals surface area (Å²) in [5.74, 6) is 0. The second-order valence-electron chi connectivity index (χ2n) is 5.67. The number of aryl methyl sites for hydroxylation is 1. The Bertz CT molecular complexity index is 975. The molecule has 1 heterocycles. The summed E-state index contributed by atoms with van der Waals surface area (Å²) in [5, 5.41) is 0.605. The Hall–Kier alpha value is -2.11. The van der Waals surface area contributed by atoms with Crippen LogP contribution in [0.5, 0.6) is 0 Å². The minimum absolute atomic E-state index is 0.436. The zero-order valence-corrected chi connectivity index (χ0v) is 14.7. The van der Waals surface area contributed by atoms with E-state index >= 15 is 0 Å². The molecule has 0 N–H and O–H groups in total. The number of pyridine rings is 1. The predicted octanol–water partition coefficient (Wildman–Crippen LogP) is 6.76. The Kier molecular flexibility index (Phi) is 4.71. The van der Waals surface area contributed by atoms with Crippen LogP contribution in [0.2, 0.25) is 5.02 Å². The molecule has 1 nitrogen and oxygen atoms in total. The molecule has 3 rings (SSSR count). The summed E-state index contributed by atoms with van der Waals surface area (Å²) in [6, 6.07) is 12.4. The Balaban J connectivity index is 2.19. The average molecular weight is 380 g/mol. The smallest absolute Gasteiger partial charge is 0.356 e. The maximum absolute atomic E-state index is 13.0. The fourth-order valence-corrected chi connectivity index (χ4v) is 3.08. The van der Waals surface area contributed by atoms with Gasteiger partial charge in [0.15, 0.2) is 0 Å². The van der Waals surface area contributed by atoms with Crippen LogP contribution in [0.15, 0.2) is 60.9 Å². The standard InChI is InChI=1S/C19H13ClF3NS/c1-24-10-16(12-5-7-15(20)8-6-12)18(25)17(11-24)13-3-2-4-14(9-13)19(21,22)23/h2-11H,1H3. The van der Waals surface area contributed by atoms with Crippen molar-refractivity contribution >= 4 is 23.8 Å². The topological polar surface area (TPSA) is 4.93 Å². The summed E-state index contributed by atoms with van der Waals surface area (Å²) >= 11 is 11.5. The second-order valence-corrected chi connectivity index (χ2v) is 6.51. The van der Waals surface area contributed by atoms with Gasteiger partial charge in [-0.2, -0.15) is 13.2 Å². The van der Waals surface area contributed by atoms with Crippen LogP contribution >= 0.6 is 23.8 Å². The summed E-state index contributed by atoms with van der Waals surface area (Å²) in [6.07, 6.45) is -0.812. The van der Waals surface area contributed by atoms with Gasteiger partial charge in [-0.3, -0.25) is 0 Å². The molecule has 0 amide bonds. The van der Waals surface area contributed by atoms with E-state index in [1.54, 1.807) is 29.0 Å². The highest BCUT2D eigenvalue weighted by Gasteiger charge is 2.30. The molecule has 0 unspecified atom stereocenters. The van der Waals surface area contributed by atoms with Gasteiger partial charge in [-0.25, -0.2) is 0 Å². The number of hydrogen-bond donors (Lipinski definition) is 0. The number of benzene rings is 2. The fraction of sp³-hybridized carbons (Fsp3) is 0.105. The molecular weight excluding hydrogens is 367 g/mol. The summed E-state index contributed by atoms with van der Waals surface area (Å²) in [5.41, 5.74) is 1.95. The Morgan fingerprint density at radius 2 is 1.52 bits per heavy atom. The van der Waals surface area contributed by atoms with E-state index in [2.05, 4.69) is 0 Å². The molecule has 3 aromatic rings. The zero-order valence-electron chi connectivity index (χ0n) is 13.1. The van der Waals surface area contributed by atoms with Crippen molar-refractivity contribution in [1.29, 1.82) is 0 Å². The minimum atomic E-state index is -4.40. The molecule has 128 valence electrons. The molecule has 0 spiro atoms. The molecular formula is C19H13ClF3NS. The zero-order chi connectivity index (χ0) is 18.2. The number of alkyl halides is 3. The summed E-state index contributed by atoms with van der Waals surface area (Å²) in [4.78, 5) is 0.